The Hall–Kier alpha value is -4.76. The molecule has 0 aliphatic carbocycles. The van der Waals surface area contributed by atoms with E-state index < -0.39 is 54.5 Å². The number of hydrogen-bond acceptors (Lipinski definition) is 8. The summed E-state index contributed by atoms with van der Waals surface area (Å²) in [5.74, 6) is -4.33. The zero-order valence-electron chi connectivity index (χ0n) is 20.9. The second-order valence-corrected chi connectivity index (χ2v) is 9.65. The van der Waals surface area contributed by atoms with Crippen LogP contribution in [0.3, 0.4) is 0 Å². The molecule has 17 heteroatoms. The Morgan fingerprint density at radius 1 is 0.976 bits per heavy atom. The van der Waals surface area contributed by atoms with Crippen molar-refractivity contribution in [3.05, 3.63) is 63.6 Å². The van der Waals surface area contributed by atoms with E-state index in [0.29, 0.717) is 5.56 Å². The third kappa shape index (κ3) is 6.70. The van der Waals surface area contributed by atoms with Gasteiger partial charge in [-0.2, -0.15) is 5.21 Å². The van der Waals surface area contributed by atoms with E-state index in [1.807, 2.05) is 0 Å². The number of aromatic amines is 1. The molecule has 1 fully saturated rings. The molecule has 4 rings (SSSR count). The first-order valence-corrected chi connectivity index (χ1v) is 12.7. The summed E-state index contributed by atoms with van der Waals surface area (Å²) < 4.78 is 0. The number of carbonyl (C=O) groups is 5. The summed E-state index contributed by atoms with van der Waals surface area (Å²) >= 11 is 12.1. The number of aliphatic carboxylic acids is 2. The zero-order valence-corrected chi connectivity index (χ0v) is 22.4. The topological polar surface area (TPSA) is 220 Å². The Labute approximate surface area is 241 Å². The minimum atomic E-state index is -1.60. The monoisotopic (exact) mass is 604 g/mol. The summed E-state index contributed by atoms with van der Waals surface area (Å²) in [4.78, 5) is 63.6. The number of carboxylic acids is 2. The molecule has 214 valence electrons. The number of urea groups is 1. The van der Waals surface area contributed by atoms with Crippen molar-refractivity contribution >= 4 is 53.0 Å². The number of benzene rings is 2. The highest BCUT2D eigenvalue weighted by molar-refractivity contribution is 6.39. The van der Waals surface area contributed by atoms with Crippen molar-refractivity contribution in [1.82, 2.24) is 41.5 Å². The van der Waals surface area contributed by atoms with Crippen LogP contribution < -0.4 is 16.0 Å². The van der Waals surface area contributed by atoms with E-state index in [0.717, 1.165) is 4.90 Å². The third-order valence-corrected chi connectivity index (χ3v) is 6.86. The second-order valence-electron chi connectivity index (χ2n) is 8.83. The van der Waals surface area contributed by atoms with Crippen molar-refractivity contribution in [2.45, 2.75) is 24.5 Å². The van der Waals surface area contributed by atoms with Crippen LogP contribution in [0.5, 0.6) is 0 Å². The van der Waals surface area contributed by atoms with Crippen molar-refractivity contribution < 1.29 is 34.2 Å². The maximum Gasteiger partial charge on any atom is 0.328 e. The molecule has 2 heterocycles. The van der Waals surface area contributed by atoms with Crippen molar-refractivity contribution in [3.63, 3.8) is 0 Å². The number of nitrogens with one attached hydrogen (secondary N) is 4. The summed E-state index contributed by atoms with van der Waals surface area (Å²) in [5, 5.41) is 40.3. The first-order valence-electron chi connectivity index (χ1n) is 12.0. The molecule has 0 radical (unpaired) electrons. The van der Waals surface area contributed by atoms with Gasteiger partial charge in [-0.1, -0.05) is 47.5 Å². The predicted molar refractivity (Wildman–Crippen MR) is 142 cm³/mol. The van der Waals surface area contributed by atoms with Crippen LogP contribution in [-0.2, 0) is 9.59 Å². The molecule has 0 bridgehead atoms. The lowest BCUT2D eigenvalue weighted by molar-refractivity contribution is -0.141. The zero-order chi connectivity index (χ0) is 29.7. The molecule has 1 aliphatic rings. The lowest BCUT2D eigenvalue weighted by atomic mass is 10.0. The molecule has 3 atom stereocenters. The Balaban J connectivity index is 1.48. The Bertz CT molecular complexity index is 1470. The molecule has 6 N–H and O–H groups in total. The number of aromatic nitrogens is 4. The largest absolute Gasteiger partial charge is 0.480 e. The number of H-pyrrole nitrogens is 1. The van der Waals surface area contributed by atoms with Crippen LogP contribution in [0.4, 0.5) is 4.79 Å². The molecule has 0 spiro atoms. The molecule has 3 unspecified atom stereocenters. The van der Waals surface area contributed by atoms with Gasteiger partial charge in [-0.15, -0.1) is 10.2 Å². The van der Waals surface area contributed by atoms with Crippen molar-refractivity contribution in [3.8, 4) is 11.4 Å². The molecule has 15 nitrogen and oxygen atoms in total. The highest BCUT2D eigenvalue weighted by Gasteiger charge is 2.38. The predicted octanol–water partition coefficient (Wildman–Crippen LogP) is 1.02. The average Bonchev–Trinajstić information content (AvgIpc) is 3.58. The number of rotatable bonds is 11. The van der Waals surface area contributed by atoms with Gasteiger partial charge in [0.25, 0.3) is 11.8 Å². The summed E-state index contributed by atoms with van der Waals surface area (Å²) in [6, 6.07) is 5.96. The normalized spacial score (nSPS) is 16.0. The Morgan fingerprint density at radius 2 is 1.63 bits per heavy atom. The lowest BCUT2D eigenvalue weighted by Crippen LogP contribution is -2.52. The van der Waals surface area contributed by atoms with Gasteiger partial charge in [0.05, 0.1) is 33.8 Å². The first-order chi connectivity index (χ1) is 19.6. The molecule has 3 aromatic rings. The maximum atomic E-state index is 13.1. The Kier molecular flexibility index (Phi) is 8.99. The van der Waals surface area contributed by atoms with Crippen LogP contribution in [0.25, 0.3) is 11.4 Å². The number of halogens is 2. The van der Waals surface area contributed by atoms with Gasteiger partial charge in [-0.25, -0.2) is 14.4 Å². The van der Waals surface area contributed by atoms with Gasteiger partial charge < -0.3 is 31.1 Å². The summed E-state index contributed by atoms with van der Waals surface area (Å²) in [6.07, 6.45) is -0.277. The van der Waals surface area contributed by atoms with E-state index in [9.17, 15) is 34.2 Å². The fraction of sp³-hybridized carbons (Fsp3) is 0.250. The molecule has 1 aliphatic heterocycles. The molecule has 1 aromatic heterocycles. The number of amides is 4. The van der Waals surface area contributed by atoms with E-state index in [2.05, 4.69) is 36.6 Å². The van der Waals surface area contributed by atoms with Gasteiger partial charge in [0, 0.05) is 18.5 Å². The molecule has 4 amide bonds. The lowest BCUT2D eigenvalue weighted by Gasteiger charge is -2.28. The maximum absolute atomic E-state index is 13.1. The first kappa shape index (κ1) is 29.2. The number of carbonyl (C=O) groups excluding carboxylic acids is 3. The Morgan fingerprint density at radius 3 is 2.27 bits per heavy atom. The van der Waals surface area contributed by atoms with Crippen LogP contribution in [0, 0.1) is 0 Å². The van der Waals surface area contributed by atoms with Gasteiger partial charge in [-0.3, -0.25) is 9.59 Å². The van der Waals surface area contributed by atoms with E-state index in [1.54, 1.807) is 18.2 Å². The van der Waals surface area contributed by atoms with Crippen molar-refractivity contribution in [2.24, 2.45) is 0 Å². The van der Waals surface area contributed by atoms with Gasteiger partial charge >= 0.3 is 18.0 Å². The highest BCUT2D eigenvalue weighted by Crippen LogP contribution is 2.24. The smallest absolute Gasteiger partial charge is 0.328 e. The molecule has 1 saturated heterocycles. The number of carboxylic acid groups (broad SMARTS) is 2. The fourth-order valence-corrected chi connectivity index (χ4v) is 4.80. The van der Waals surface area contributed by atoms with E-state index in [-0.39, 0.29) is 40.0 Å². The van der Waals surface area contributed by atoms with Crippen LogP contribution in [-0.4, -0.2) is 96.7 Å². The summed E-state index contributed by atoms with van der Waals surface area (Å²) in [6.45, 7) is -0.546. The molecule has 2 aromatic carbocycles. The third-order valence-electron chi connectivity index (χ3n) is 6.23. The van der Waals surface area contributed by atoms with Gasteiger partial charge in [0.15, 0.2) is 0 Å². The molecular formula is C24H22Cl2N8O7. The quantitative estimate of drug-likeness (QED) is 0.182. The number of nitrogens with zero attached hydrogens (tertiary/aromatic N) is 4. The minimum Gasteiger partial charge on any atom is -0.480 e. The minimum absolute atomic E-state index is 0.00289. The van der Waals surface area contributed by atoms with E-state index in [4.69, 9.17) is 23.2 Å². The highest BCUT2D eigenvalue weighted by atomic mass is 35.5. The average molecular weight is 605 g/mol. The molecule has 41 heavy (non-hydrogen) atoms. The number of tetrazole rings is 1. The van der Waals surface area contributed by atoms with Crippen molar-refractivity contribution in [2.75, 3.05) is 13.1 Å². The second kappa shape index (κ2) is 12.6. The SMILES string of the molecule is O=C(NC(CC1CNC(=O)N1CC(NC(=O)c1c(Cl)cccc1Cl)C(=O)O)C(=O)O)c1ccccc1-c1nn[nH]n1. The molecular weight excluding hydrogens is 583 g/mol. The summed E-state index contributed by atoms with van der Waals surface area (Å²) in [7, 11) is 0. The summed E-state index contributed by atoms with van der Waals surface area (Å²) in [5.41, 5.74) is 0.254. The van der Waals surface area contributed by atoms with E-state index >= 15 is 0 Å². The standard InChI is InChI=1S/C24H22Cl2N8O7/c25-14-6-3-7-15(26)18(14)21(36)29-17(23(39)40)10-34-11(9-27-24(34)41)8-16(22(37)38)28-20(35)13-5-2-1-4-12(13)19-30-32-33-31-19/h1-7,11,16-17H,8-10H2,(H,27,41)(H,28,35)(H,29,36)(H,37,38)(H,39,40)(H,30,31,32,33). The van der Waals surface area contributed by atoms with Crippen LogP contribution in [0.1, 0.15) is 27.1 Å². The van der Waals surface area contributed by atoms with Gasteiger partial charge in [-0.05, 0) is 23.4 Å². The van der Waals surface area contributed by atoms with Crippen LogP contribution in [0.2, 0.25) is 10.0 Å². The van der Waals surface area contributed by atoms with E-state index in [1.165, 1.54) is 24.3 Å². The van der Waals surface area contributed by atoms with Crippen LogP contribution >= 0.6 is 23.2 Å². The van der Waals surface area contributed by atoms with Gasteiger partial charge in [0.2, 0.25) is 5.82 Å². The number of hydrogen-bond donors (Lipinski definition) is 6. The van der Waals surface area contributed by atoms with Crippen molar-refractivity contribution in [1.29, 1.82) is 0 Å². The fourth-order valence-electron chi connectivity index (χ4n) is 4.23. The van der Waals surface area contributed by atoms with Crippen LogP contribution in [0.15, 0.2) is 42.5 Å². The molecule has 0 saturated carbocycles. The van der Waals surface area contributed by atoms with Gasteiger partial charge in [0.1, 0.15) is 12.1 Å².